The summed E-state index contributed by atoms with van der Waals surface area (Å²) in [6, 6.07) is 12.9. The van der Waals surface area contributed by atoms with Gasteiger partial charge in [-0.3, -0.25) is 0 Å². The van der Waals surface area contributed by atoms with E-state index in [0.717, 1.165) is 25.1 Å². The zero-order chi connectivity index (χ0) is 15.5. The van der Waals surface area contributed by atoms with Crippen LogP contribution in [0.3, 0.4) is 0 Å². The van der Waals surface area contributed by atoms with Crippen LogP contribution in [0.15, 0.2) is 52.5 Å². The van der Waals surface area contributed by atoms with Crippen molar-refractivity contribution in [3.05, 3.63) is 84.4 Å². The Balaban J connectivity index is 1.62. The predicted molar refractivity (Wildman–Crippen MR) is 100.0 cm³/mol. The Morgan fingerprint density at radius 1 is 0.739 bits per heavy atom. The lowest BCUT2D eigenvalue weighted by Gasteiger charge is -1.99. The van der Waals surface area contributed by atoms with Crippen LogP contribution >= 0.6 is 34.0 Å². The lowest BCUT2D eigenvalue weighted by Crippen LogP contribution is -1.94. The average Bonchev–Trinajstić information content (AvgIpc) is 3.31. The highest BCUT2D eigenvalue weighted by molar-refractivity contribution is 7.10. The molecular weight excluding hydrogens is 340 g/mol. The summed E-state index contributed by atoms with van der Waals surface area (Å²) in [5, 5.41) is 6.39. The van der Waals surface area contributed by atoms with Crippen LogP contribution in [0.2, 0.25) is 0 Å². The molecule has 0 bridgehead atoms. The molecule has 0 aliphatic heterocycles. The number of imidazole rings is 1. The number of nitrogens with one attached hydrogen (secondary N) is 1. The molecule has 0 aliphatic carbocycles. The van der Waals surface area contributed by atoms with Crippen LogP contribution in [0.25, 0.3) is 0 Å². The molecule has 0 amide bonds. The molecule has 5 heteroatoms. The molecule has 0 saturated heterocycles. The molecule has 4 aromatic rings. The Hall–Kier alpha value is -1.69. The predicted octanol–water partition coefficient (Wildman–Crippen LogP) is 5.37. The maximum atomic E-state index is 4.90. The van der Waals surface area contributed by atoms with Crippen LogP contribution in [0.4, 0.5) is 0 Å². The molecule has 23 heavy (non-hydrogen) atoms. The van der Waals surface area contributed by atoms with Crippen molar-refractivity contribution in [1.82, 2.24) is 9.97 Å². The van der Waals surface area contributed by atoms with E-state index in [-0.39, 0.29) is 0 Å². The van der Waals surface area contributed by atoms with E-state index in [2.05, 4.69) is 57.5 Å². The first-order chi connectivity index (χ1) is 11.4. The number of H-pyrrole nitrogens is 1. The summed E-state index contributed by atoms with van der Waals surface area (Å²) in [4.78, 5) is 12.6. The summed E-state index contributed by atoms with van der Waals surface area (Å²) in [6.07, 6.45) is 2.74. The number of aromatic nitrogens is 2. The topological polar surface area (TPSA) is 28.7 Å². The van der Waals surface area contributed by atoms with Crippen molar-refractivity contribution in [2.75, 3.05) is 0 Å². The van der Waals surface area contributed by atoms with Crippen molar-refractivity contribution >= 4 is 34.0 Å². The molecule has 0 aliphatic rings. The van der Waals surface area contributed by atoms with E-state index >= 15 is 0 Å². The standard InChI is InChI=1S/C18H16N2S3/c1-4-13(21-7-1)10-16-17(11-14-5-2-8-22-14)20-18(19-16)12-15-6-3-9-23-15/h1-9H,10-12H2,(H,19,20). The molecule has 4 aromatic heterocycles. The van der Waals surface area contributed by atoms with Gasteiger partial charge in [-0.2, -0.15) is 0 Å². The number of thiophene rings is 3. The smallest absolute Gasteiger partial charge is 0.111 e. The second kappa shape index (κ2) is 6.83. The van der Waals surface area contributed by atoms with Crippen molar-refractivity contribution in [2.24, 2.45) is 0 Å². The summed E-state index contributed by atoms with van der Waals surface area (Å²) in [5.74, 6) is 1.07. The second-order valence-electron chi connectivity index (χ2n) is 5.38. The van der Waals surface area contributed by atoms with Gasteiger partial charge in [-0.1, -0.05) is 18.2 Å². The fourth-order valence-electron chi connectivity index (χ4n) is 2.62. The Labute approximate surface area is 147 Å². The van der Waals surface area contributed by atoms with Gasteiger partial charge in [0.05, 0.1) is 5.69 Å². The van der Waals surface area contributed by atoms with Gasteiger partial charge in [-0.15, -0.1) is 34.0 Å². The van der Waals surface area contributed by atoms with Crippen molar-refractivity contribution < 1.29 is 0 Å². The van der Waals surface area contributed by atoms with Gasteiger partial charge in [0.1, 0.15) is 5.82 Å². The second-order valence-corrected chi connectivity index (χ2v) is 8.47. The quantitative estimate of drug-likeness (QED) is 0.494. The number of aromatic amines is 1. The third-order valence-corrected chi connectivity index (χ3v) is 6.32. The van der Waals surface area contributed by atoms with Gasteiger partial charge >= 0.3 is 0 Å². The van der Waals surface area contributed by atoms with Gasteiger partial charge in [0, 0.05) is 39.6 Å². The third-order valence-electron chi connectivity index (χ3n) is 3.69. The summed E-state index contributed by atoms with van der Waals surface area (Å²) in [7, 11) is 0. The monoisotopic (exact) mass is 356 g/mol. The first-order valence-corrected chi connectivity index (χ1v) is 10.1. The van der Waals surface area contributed by atoms with Gasteiger partial charge in [0.25, 0.3) is 0 Å². The summed E-state index contributed by atoms with van der Waals surface area (Å²) >= 11 is 5.39. The van der Waals surface area contributed by atoms with E-state index in [0.29, 0.717) is 0 Å². The minimum Gasteiger partial charge on any atom is -0.345 e. The molecule has 116 valence electrons. The Kier molecular flexibility index (Phi) is 4.41. The molecule has 2 nitrogen and oxygen atoms in total. The highest BCUT2D eigenvalue weighted by Gasteiger charge is 2.13. The summed E-state index contributed by atoms with van der Waals surface area (Å²) < 4.78 is 0. The van der Waals surface area contributed by atoms with Gasteiger partial charge in [-0.05, 0) is 34.3 Å². The molecule has 0 unspecified atom stereocenters. The number of hydrogen-bond acceptors (Lipinski definition) is 4. The zero-order valence-electron chi connectivity index (χ0n) is 12.5. The maximum absolute atomic E-state index is 4.90. The highest BCUT2D eigenvalue weighted by Crippen LogP contribution is 2.22. The van der Waals surface area contributed by atoms with Crippen LogP contribution in [0, 0.1) is 0 Å². The molecule has 4 rings (SSSR count). The number of rotatable bonds is 6. The minimum atomic E-state index is 0.888. The molecule has 0 saturated carbocycles. The molecule has 0 spiro atoms. The van der Waals surface area contributed by atoms with Crippen LogP contribution in [-0.4, -0.2) is 9.97 Å². The Morgan fingerprint density at radius 3 is 1.87 bits per heavy atom. The first kappa shape index (κ1) is 14.9. The average molecular weight is 357 g/mol. The van der Waals surface area contributed by atoms with Crippen molar-refractivity contribution in [3.8, 4) is 0 Å². The lowest BCUT2D eigenvalue weighted by atomic mass is 10.1. The summed E-state index contributed by atoms with van der Waals surface area (Å²) in [5.41, 5.74) is 2.44. The molecule has 0 aromatic carbocycles. The first-order valence-electron chi connectivity index (χ1n) is 7.50. The number of hydrogen-bond donors (Lipinski definition) is 1. The van der Waals surface area contributed by atoms with E-state index < -0.39 is 0 Å². The molecule has 0 fully saturated rings. The fourth-order valence-corrected chi connectivity index (χ4v) is 4.76. The van der Waals surface area contributed by atoms with Crippen LogP contribution in [0.1, 0.15) is 31.8 Å². The van der Waals surface area contributed by atoms with Crippen LogP contribution in [-0.2, 0) is 19.3 Å². The van der Waals surface area contributed by atoms with Gasteiger partial charge < -0.3 is 4.98 Å². The lowest BCUT2D eigenvalue weighted by molar-refractivity contribution is 1.01. The highest BCUT2D eigenvalue weighted by atomic mass is 32.1. The van der Waals surface area contributed by atoms with E-state index in [1.807, 2.05) is 0 Å². The molecule has 1 N–H and O–H groups in total. The molecular formula is C18H16N2S3. The molecule has 0 radical (unpaired) electrons. The van der Waals surface area contributed by atoms with Gasteiger partial charge in [-0.25, -0.2) is 4.98 Å². The van der Waals surface area contributed by atoms with Gasteiger partial charge in [0.15, 0.2) is 0 Å². The third kappa shape index (κ3) is 3.63. The maximum Gasteiger partial charge on any atom is 0.111 e. The van der Waals surface area contributed by atoms with Crippen molar-refractivity contribution in [1.29, 1.82) is 0 Å². The minimum absolute atomic E-state index is 0.888. The molecule has 0 atom stereocenters. The van der Waals surface area contributed by atoms with E-state index in [4.69, 9.17) is 4.98 Å². The van der Waals surface area contributed by atoms with E-state index in [1.54, 1.807) is 34.0 Å². The van der Waals surface area contributed by atoms with E-state index in [1.165, 1.54) is 26.0 Å². The number of nitrogens with zero attached hydrogens (tertiary/aromatic N) is 1. The Bertz CT molecular complexity index is 787. The van der Waals surface area contributed by atoms with Crippen molar-refractivity contribution in [3.63, 3.8) is 0 Å². The fraction of sp³-hybridized carbons (Fsp3) is 0.167. The van der Waals surface area contributed by atoms with Crippen LogP contribution in [0.5, 0.6) is 0 Å². The summed E-state index contributed by atoms with van der Waals surface area (Å²) in [6.45, 7) is 0. The SMILES string of the molecule is c1csc(Cc2nc(Cc3cccs3)c(Cc3cccs3)[nH]2)c1. The van der Waals surface area contributed by atoms with Crippen LogP contribution < -0.4 is 0 Å². The van der Waals surface area contributed by atoms with E-state index in [9.17, 15) is 0 Å². The van der Waals surface area contributed by atoms with Crippen molar-refractivity contribution in [2.45, 2.75) is 19.3 Å². The Morgan fingerprint density at radius 2 is 1.30 bits per heavy atom. The largest absolute Gasteiger partial charge is 0.345 e. The normalized spacial score (nSPS) is 11.1. The van der Waals surface area contributed by atoms with Gasteiger partial charge in [0.2, 0.25) is 0 Å². The zero-order valence-corrected chi connectivity index (χ0v) is 14.9. The molecule has 4 heterocycles.